The second-order valence-corrected chi connectivity index (χ2v) is 10.2. The molecule has 0 saturated carbocycles. The van der Waals surface area contributed by atoms with Crippen LogP contribution in [0.3, 0.4) is 0 Å². The standard InChI is InChI=1S/C22H24N2O5S/c1-14(25)16-5-7-19-17(11-16)9-10-24(19)30(27,28)18-6-8-21-20(12-18)23(15(2)26)13-22(3,4)29-21/h5-8,11-12H,9-10,13H2,1-4H3. The number of sulfonamides is 1. The first-order valence-corrected chi connectivity index (χ1v) is 11.2. The molecule has 8 heteroatoms. The number of benzene rings is 2. The van der Waals surface area contributed by atoms with Crippen LogP contribution in [0.15, 0.2) is 41.3 Å². The van der Waals surface area contributed by atoms with Crippen molar-refractivity contribution in [1.82, 2.24) is 0 Å². The lowest BCUT2D eigenvalue weighted by molar-refractivity contribution is -0.117. The molecule has 0 fully saturated rings. The molecule has 2 aliphatic heterocycles. The van der Waals surface area contributed by atoms with E-state index >= 15 is 0 Å². The lowest BCUT2D eigenvalue weighted by atomic mass is 10.1. The molecule has 1 amide bonds. The molecule has 0 unspecified atom stereocenters. The van der Waals surface area contributed by atoms with E-state index < -0.39 is 15.6 Å². The molecule has 7 nitrogen and oxygen atoms in total. The Balaban J connectivity index is 1.75. The number of nitrogens with zero attached hydrogens (tertiary/aromatic N) is 2. The van der Waals surface area contributed by atoms with Crippen LogP contribution in [0.1, 0.15) is 43.6 Å². The van der Waals surface area contributed by atoms with Crippen molar-refractivity contribution < 1.29 is 22.7 Å². The monoisotopic (exact) mass is 428 g/mol. The first-order chi connectivity index (χ1) is 14.0. The van der Waals surface area contributed by atoms with Crippen molar-refractivity contribution in [3.8, 4) is 5.75 Å². The molecule has 0 bridgehead atoms. The third-order valence-corrected chi connectivity index (χ3v) is 7.26. The molecular weight excluding hydrogens is 404 g/mol. The topological polar surface area (TPSA) is 84.0 Å². The number of fused-ring (bicyclic) bond motifs is 2. The van der Waals surface area contributed by atoms with Crippen LogP contribution < -0.4 is 13.9 Å². The minimum absolute atomic E-state index is 0.0546. The summed E-state index contributed by atoms with van der Waals surface area (Å²) in [6.45, 7) is 7.34. The summed E-state index contributed by atoms with van der Waals surface area (Å²) in [4.78, 5) is 25.5. The van der Waals surface area contributed by atoms with E-state index in [1.54, 1.807) is 29.2 Å². The number of Topliss-reactive ketones (excluding diaryl/α,β-unsaturated/α-hetero) is 1. The van der Waals surface area contributed by atoms with Gasteiger partial charge in [0.25, 0.3) is 10.0 Å². The summed E-state index contributed by atoms with van der Waals surface area (Å²) in [6, 6.07) is 9.71. The van der Waals surface area contributed by atoms with E-state index in [1.807, 2.05) is 13.8 Å². The first kappa shape index (κ1) is 20.4. The van der Waals surface area contributed by atoms with Crippen LogP contribution >= 0.6 is 0 Å². The minimum Gasteiger partial charge on any atom is -0.484 e. The van der Waals surface area contributed by atoms with Gasteiger partial charge in [-0.2, -0.15) is 0 Å². The van der Waals surface area contributed by atoms with Crippen molar-refractivity contribution in [3.63, 3.8) is 0 Å². The number of carbonyl (C=O) groups excluding carboxylic acids is 2. The summed E-state index contributed by atoms with van der Waals surface area (Å²) in [6.07, 6.45) is 0.539. The summed E-state index contributed by atoms with van der Waals surface area (Å²) in [7, 11) is -3.84. The number of hydrogen-bond donors (Lipinski definition) is 0. The van der Waals surface area contributed by atoms with Gasteiger partial charge in [-0.25, -0.2) is 8.42 Å². The van der Waals surface area contributed by atoms with Crippen LogP contribution in [0.4, 0.5) is 11.4 Å². The molecule has 0 N–H and O–H groups in total. The van der Waals surface area contributed by atoms with Gasteiger partial charge in [0.1, 0.15) is 11.4 Å². The maximum absolute atomic E-state index is 13.4. The van der Waals surface area contributed by atoms with Gasteiger partial charge >= 0.3 is 0 Å². The zero-order chi connectivity index (χ0) is 21.8. The molecular formula is C22H24N2O5S. The minimum atomic E-state index is -3.84. The highest BCUT2D eigenvalue weighted by Crippen LogP contribution is 2.40. The smallest absolute Gasteiger partial charge is 0.264 e. The Hall–Kier alpha value is -2.87. The summed E-state index contributed by atoms with van der Waals surface area (Å²) in [5, 5.41) is 0. The number of anilines is 2. The Morgan fingerprint density at radius 2 is 1.77 bits per heavy atom. The van der Waals surface area contributed by atoms with E-state index in [9.17, 15) is 18.0 Å². The zero-order valence-electron chi connectivity index (χ0n) is 17.4. The second kappa shape index (κ2) is 6.84. The molecule has 0 aromatic heterocycles. The van der Waals surface area contributed by atoms with E-state index in [4.69, 9.17) is 4.74 Å². The second-order valence-electron chi connectivity index (χ2n) is 8.32. The molecule has 2 aromatic rings. The third-order valence-electron chi connectivity index (χ3n) is 5.45. The Morgan fingerprint density at radius 3 is 2.43 bits per heavy atom. The van der Waals surface area contributed by atoms with Gasteiger partial charge < -0.3 is 9.64 Å². The zero-order valence-corrected chi connectivity index (χ0v) is 18.2. The SMILES string of the molecule is CC(=O)c1ccc2c(c1)CCN2S(=O)(=O)c1ccc2c(c1)N(C(C)=O)CC(C)(C)O2. The quantitative estimate of drug-likeness (QED) is 0.701. The number of ketones is 1. The number of carbonyl (C=O) groups is 2. The van der Waals surface area contributed by atoms with E-state index in [2.05, 4.69) is 0 Å². The molecule has 0 saturated heterocycles. The van der Waals surface area contributed by atoms with Gasteiger partial charge in [-0.05, 0) is 69.2 Å². The third kappa shape index (κ3) is 3.35. The van der Waals surface area contributed by atoms with Crippen molar-refractivity contribution in [3.05, 3.63) is 47.5 Å². The lowest BCUT2D eigenvalue weighted by Crippen LogP contribution is -2.48. The number of ether oxygens (including phenoxy) is 1. The number of rotatable bonds is 3. The average molecular weight is 429 g/mol. The van der Waals surface area contributed by atoms with Gasteiger partial charge in [0.2, 0.25) is 5.91 Å². The van der Waals surface area contributed by atoms with Gasteiger partial charge in [0, 0.05) is 19.0 Å². The Kier molecular flexibility index (Phi) is 4.65. The highest BCUT2D eigenvalue weighted by molar-refractivity contribution is 7.92. The van der Waals surface area contributed by atoms with Crippen molar-refractivity contribution in [1.29, 1.82) is 0 Å². The molecule has 2 aliphatic rings. The largest absolute Gasteiger partial charge is 0.484 e. The van der Waals surface area contributed by atoms with Gasteiger partial charge in [-0.1, -0.05) is 0 Å². The average Bonchev–Trinajstić information content (AvgIpc) is 3.10. The predicted molar refractivity (Wildman–Crippen MR) is 114 cm³/mol. The molecule has 0 spiro atoms. The van der Waals surface area contributed by atoms with E-state index in [0.717, 1.165) is 5.56 Å². The summed E-state index contributed by atoms with van der Waals surface area (Å²) < 4.78 is 34.2. The maximum Gasteiger partial charge on any atom is 0.264 e. The van der Waals surface area contributed by atoms with Crippen molar-refractivity contribution in [2.75, 3.05) is 22.3 Å². The summed E-state index contributed by atoms with van der Waals surface area (Å²) in [5.74, 6) is 0.250. The fourth-order valence-corrected chi connectivity index (χ4v) is 5.52. The molecule has 2 aromatic carbocycles. The van der Waals surface area contributed by atoms with E-state index in [-0.39, 0.29) is 16.6 Å². The van der Waals surface area contributed by atoms with Crippen molar-refractivity contribution >= 4 is 33.1 Å². The normalized spacial score (nSPS) is 17.2. The van der Waals surface area contributed by atoms with Crippen molar-refractivity contribution in [2.24, 2.45) is 0 Å². The Bertz CT molecular complexity index is 1170. The highest BCUT2D eigenvalue weighted by Gasteiger charge is 2.36. The number of hydrogen-bond acceptors (Lipinski definition) is 5. The first-order valence-electron chi connectivity index (χ1n) is 9.77. The fraction of sp³-hybridized carbons (Fsp3) is 0.364. The molecule has 0 aliphatic carbocycles. The lowest BCUT2D eigenvalue weighted by Gasteiger charge is -2.39. The summed E-state index contributed by atoms with van der Waals surface area (Å²) in [5.41, 5.74) is 1.87. The maximum atomic E-state index is 13.4. The van der Waals surface area contributed by atoms with Crippen LogP contribution in [0.5, 0.6) is 5.75 Å². The number of amides is 1. The van der Waals surface area contributed by atoms with Crippen LogP contribution in [0, 0.1) is 0 Å². The highest BCUT2D eigenvalue weighted by atomic mass is 32.2. The van der Waals surface area contributed by atoms with Crippen LogP contribution in [-0.4, -0.2) is 38.8 Å². The van der Waals surface area contributed by atoms with Crippen LogP contribution in [-0.2, 0) is 21.2 Å². The van der Waals surface area contributed by atoms with Crippen molar-refractivity contribution in [2.45, 2.75) is 44.6 Å². The molecule has 0 atom stereocenters. The van der Waals surface area contributed by atoms with Crippen LogP contribution in [0.25, 0.3) is 0 Å². The van der Waals surface area contributed by atoms with E-state index in [1.165, 1.54) is 30.3 Å². The predicted octanol–water partition coefficient (Wildman–Crippen LogP) is 3.16. The summed E-state index contributed by atoms with van der Waals surface area (Å²) >= 11 is 0. The van der Waals surface area contributed by atoms with Gasteiger partial charge in [0.15, 0.2) is 5.78 Å². The Labute approximate surface area is 176 Å². The van der Waals surface area contributed by atoms with Gasteiger partial charge in [-0.3, -0.25) is 13.9 Å². The molecule has 158 valence electrons. The van der Waals surface area contributed by atoms with Gasteiger partial charge in [-0.15, -0.1) is 0 Å². The molecule has 4 rings (SSSR count). The Morgan fingerprint density at radius 1 is 1.03 bits per heavy atom. The molecule has 2 heterocycles. The van der Waals surface area contributed by atoms with Gasteiger partial charge in [0.05, 0.1) is 22.8 Å². The van der Waals surface area contributed by atoms with Crippen LogP contribution in [0.2, 0.25) is 0 Å². The van der Waals surface area contributed by atoms with E-state index in [0.29, 0.717) is 42.2 Å². The fourth-order valence-electron chi connectivity index (χ4n) is 4.00. The molecule has 30 heavy (non-hydrogen) atoms. The molecule has 0 radical (unpaired) electrons.